The van der Waals surface area contributed by atoms with Crippen molar-refractivity contribution in [3.63, 3.8) is 0 Å². The van der Waals surface area contributed by atoms with Gasteiger partial charge in [0.2, 0.25) is 5.91 Å². The molecule has 3 aromatic rings. The number of piperazine rings is 1. The van der Waals surface area contributed by atoms with E-state index in [9.17, 15) is 9.90 Å². The summed E-state index contributed by atoms with van der Waals surface area (Å²) in [5.74, 6) is 1.23. The third-order valence-electron chi connectivity index (χ3n) is 8.53. The molecule has 2 aromatic carbocycles. The number of aryl methyl sites for hydroxylation is 1. The van der Waals surface area contributed by atoms with Crippen molar-refractivity contribution >= 4 is 28.2 Å². The van der Waals surface area contributed by atoms with Gasteiger partial charge in [0.1, 0.15) is 11.6 Å². The smallest absolute Gasteiger partial charge is 0.318 e. The van der Waals surface area contributed by atoms with E-state index >= 15 is 0 Å². The third kappa shape index (κ3) is 4.66. The van der Waals surface area contributed by atoms with E-state index in [2.05, 4.69) is 48.4 Å². The molecule has 8 heteroatoms. The number of aromatic hydroxyl groups is 1. The van der Waals surface area contributed by atoms with Crippen LogP contribution in [0.4, 0.5) is 11.5 Å². The number of hydrogen-bond acceptors (Lipinski definition) is 7. The van der Waals surface area contributed by atoms with Gasteiger partial charge in [-0.2, -0.15) is 9.97 Å². The predicted molar refractivity (Wildman–Crippen MR) is 154 cm³/mol. The Morgan fingerprint density at radius 3 is 2.67 bits per heavy atom. The topological polar surface area (TPSA) is 82.0 Å². The number of phenols is 1. The molecule has 8 nitrogen and oxygen atoms in total. The van der Waals surface area contributed by atoms with E-state index in [4.69, 9.17) is 14.7 Å². The number of nitrogens with zero attached hydrogens (tertiary/aromatic N) is 5. The van der Waals surface area contributed by atoms with Crippen LogP contribution in [0.3, 0.4) is 0 Å². The summed E-state index contributed by atoms with van der Waals surface area (Å²) in [6.45, 7) is 12.8. The molecular formula is C31H37N5O3. The van der Waals surface area contributed by atoms with Gasteiger partial charge in [-0.25, -0.2) is 0 Å². The molecule has 204 valence electrons. The molecule has 2 bridgehead atoms. The lowest BCUT2D eigenvalue weighted by atomic mass is 10.0. The Bertz CT molecular complexity index is 1420. The summed E-state index contributed by atoms with van der Waals surface area (Å²) < 4.78 is 6.17. The maximum absolute atomic E-state index is 12.5. The molecule has 6 rings (SSSR count). The Balaban J connectivity index is 1.36. The van der Waals surface area contributed by atoms with Crippen LogP contribution in [0, 0.1) is 6.92 Å². The Labute approximate surface area is 229 Å². The minimum atomic E-state index is 0.00656. The highest BCUT2D eigenvalue weighted by Crippen LogP contribution is 2.39. The Hall–Kier alpha value is -3.81. The fraction of sp³-hybridized carbons (Fsp3) is 0.452. The monoisotopic (exact) mass is 527 g/mol. The summed E-state index contributed by atoms with van der Waals surface area (Å²) in [6.07, 6.45) is 5.10. The van der Waals surface area contributed by atoms with Crippen molar-refractivity contribution < 1.29 is 14.6 Å². The molecule has 3 unspecified atom stereocenters. The molecule has 2 saturated heterocycles. The van der Waals surface area contributed by atoms with Crippen LogP contribution in [0.25, 0.3) is 10.8 Å². The van der Waals surface area contributed by atoms with E-state index in [0.717, 1.165) is 84.4 Å². The Kier molecular flexibility index (Phi) is 6.57. The third-order valence-corrected chi connectivity index (χ3v) is 8.53. The Morgan fingerprint density at radius 1 is 1.18 bits per heavy atom. The van der Waals surface area contributed by atoms with Crippen LogP contribution in [0.15, 0.2) is 43.0 Å². The Morgan fingerprint density at radius 2 is 1.95 bits per heavy atom. The summed E-state index contributed by atoms with van der Waals surface area (Å²) in [5, 5.41) is 12.7. The summed E-state index contributed by atoms with van der Waals surface area (Å²) in [4.78, 5) is 29.1. The van der Waals surface area contributed by atoms with Gasteiger partial charge in [-0.1, -0.05) is 37.3 Å². The number of hydrogen-bond donors (Lipinski definition) is 1. The summed E-state index contributed by atoms with van der Waals surface area (Å²) >= 11 is 0. The van der Waals surface area contributed by atoms with Gasteiger partial charge in [0.25, 0.3) is 0 Å². The van der Waals surface area contributed by atoms with Crippen molar-refractivity contribution in [3.05, 3.63) is 59.8 Å². The van der Waals surface area contributed by atoms with Crippen LogP contribution in [-0.4, -0.2) is 63.7 Å². The molecule has 39 heavy (non-hydrogen) atoms. The number of anilines is 2. The molecule has 0 spiro atoms. The van der Waals surface area contributed by atoms with Gasteiger partial charge < -0.3 is 24.5 Å². The lowest BCUT2D eigenvalue weighted by Gasteiger charge is -2.42. The van der Waals surface area contributed by atoms with Gasteiger partial charge in [0.15, 0.2) is 0 Å². The van der Waals surface area contributed by atoms with Gasteiger partial charge in [-0.15, -0.1) is 0 Å². The molecule has 0 saturated carbocycles. The highest BCUT2D eigenvalue weighted by Gasteiger charge is 2.43. The highest BCUT2D eigenvalue weighted by atomic mass is 16.5. The first kappa shape index (κ1) is 25.5. The van der Waals surface area contributed by atoms with Crippen LogP contribution in [0.5, 0.6) is 11.8 Å². The first-order valence-electron chi connectivity index (χ1n) is 14.1. The lowest BCUT2D eigenvalue weighted by molar-refractivity contribution is -0.129. The average Bonchev–Trinajstić information content (AvgIpc) is 3.19. The molecule has 1 aromatic heterocycles. The minimum absolute atomic E-state index is 0.00656. The fourth-order valence-electron chi connectivity index (χ4n) is 6.43. The number of phenolic OH excluding ortho intramolecular Hbond substituents is 1. The predicted octanol–water partition coefficient (Wildman–Crippen LogP) is 4.75. The zero-order valence-electron chi connectivity index (χ0n) is 23.1. The van der Waals surface area contributed by atoms with Crippen LogP contribution in [-0.2, 0) is 17.8 Å². The fourth-order valence-corrected chi connectivity index (χ4v) is 6.43. The SMILES string of the molecule is C=CC(=O)N1C2CCC1CN(c1nc(OC(C)CC)nc3c1CCN(c1cc(O)cc4cc(C)ccc14)C3)C2. The molecule has 1 amide bonds. The number of carbonyl (C=O) groups excluding carboxylic acids is 1. The molecule has 3 atom stereocenters. The normalized spacial score (nSPS) is 21.2. The van der Waals surface area contributed by atoms with Crippen molar-refractivity contribution in [1.29, 1.82) is 0 Å². The van der Waals surface area contributed by atoms with Gasteiger partial charge in [0, 0.05) is 54.4 Å². The van der Waals surface area contributed by atoms with E-state index in [1.54, 1.807) is 0 Å². The number of ether oxygens (including phenoxy) is 1. The number of aromatic nitrogens is 2. The molecule has 0 aliphatic carbocycles. The van der Waals surface area contributed by atoms with E-state index in [0.29, 0.717) is 12.6 Å². The summed E-state index contributed by atoms with van der Waals surface area (Å²) in [7, 11) is 0. The molecule has 2 fully saturated rings. The summed E-state index contributed by atoms with van der Waals surface area (Å²) in [5.41, 5.74) is 4.29. The average molecular weight is 528 g/mol. The molecule has 1 N–H and O–H groups in total. The van der Waals surface area contributed by atoms with E-state index in [1.165, 1.54) is 6.08 Å². The minimum Gasteiger partial charge on any atom is -0.508 e. The quantitative estimate of drug-likeness (QED) is 0.463. The molecule has 4 heterocycles. The largest absolute Gasteiger partial charge is 0.508 e. The zero-order chi connectivity index (χ0) is 27.3. The number of fused-ring (bicyclic) bond motifs is 4. The number of amides is 1. The van der Waals surface area contributed by atoms with Crippen LogP contribution in [0.2, 0.25) is 0 Å². The second-order valence-corrected chi connectivity index (χ2v) is 11.2. The number of rotatable bonds is 6. The summed E-state index contributed by atoms with van der Waals surface area (Å²) in [6, 6.07) is 10.8. The molecule has 0 radical (unpaired) electrons. The number of benzene rings is 2. The van der Waals surface area contributed by atoms with Crippen molar-refractivity contribution in [3.8, 4) is 11.8 Å². The van der Waals surface area contributed by atoms with Gasteiger partial charge >= 0.3 is 6.01 Å². The van der Waals surface area contributed by atoms with Crippen molar-refractivity contribution in [2.75, 3.05) is 29.4 Å². The first-order valence-corrected chi connectivity index (χ1v) is 14.1. The van der Waals surface area contributed by atoms with Gasteiger partial charge in [-0.3, -0.25) is 4.79 Å². The van der Waals surface area contributed by atoms with Crippen LogP contribution >= 0.6 is 0 Å². The first-order chi connectivity index (χ1) is 18.8. The number of carbonyl (C=O) groups is 1. The highest BCUT2D eigenvalue weighted by molar-refractivity contribution is 5.96. The van der Waals surface area contributed by atoms with Crippen molar-refractivity contribution in [2.45, 2.75) is 71.2 Å². The van der Waals surface area contributed by atoms with Gasteiger partial charge in [-0.05, 0) is 57.1 Å². The van der Waals surface area contributed by atoms with E-state index < -0.39 is 0 Å². The van der Waals surface area contributed by atoms with Gasteiger partial charge in [0.05, 0.1) is 18.3 Å². The molecular weight excluding hydrogens is 490 g/mol. The second kappa shape index (κ2) is 10.1. The molecule has 3 aliphatic rings. The second-order valence-electron chi connectivity index (χ2n) is 11.2. The zero-order valence-corrected chi connectivity index (χ0v) is 23.1. The standard InChI is InChI=1S/C31H37N5O3/c1-5-20(4)39-31-32-27-18-34(28-15-24(37)14-21-13-19(3)7-10-25(21)28)12-11-26(27)30(33-31)35-16-22-8-9-23(17-35)36(22)29(38)6-2/h6-7,10,13-15,20,22-23,37H,2,5,8-9,11-12,16-18H2,1,3-4H3. The maximum Gasteiger partial charge on any atom is 0.318 e. The van der Waals surface area contributed by atoms with Crippen LogP contribution in [0.1, 0.15) is 49.9 Å². The lowest BCUT2D eigenvalue weighted by Crippen LogP contribution is -2.56. The molecule has 3 aliphatic heterocycles. The van der Waals surface area contributed by atoms with E-state index in [1.807, 2.05) is 24.0 Å². The van der Waals surface area contributed by atoms with E-state index in [-0.39, 0.29) is 29.8 Å². The van der Waals surface area contributed by atoms with Crippen LogP contribution < -0.4 is 14.5 Å². The van der Waals surface area contributed by atoms with Crippen molar-refractivity contribution in [2.24, 2.45) is 0 Å². The maximum atomic E-state index is 12.5. The van der Waals surface area contributed by atoms with Crippen molar-refractivity contribution in [1.82, 2.24) is 14.9 Å².